The minimum absolute atomic E-state index is 0.311. The third-order valence-electron chi connectivity index (χ3n) is 5.89. The molecule has 0 saturated heterocycles. The zero-order valence-electron chi connectivity index (χ0n) is 18.9. The lowest BCUT2D eigenvalue weighted by atomic mass is 9.95. The minimum Gasteiger partial charge on any atom is -0.449 e. The number of pyridine rings is 1. The van der Waals surface area contributed by atoms with E-state index in [2.05, 4.69) is 17.1 Å². The number of anilines is 1. The lowest BCUT2D eigenvalue weighted by Gasteiger charge is -2.30. The number of amides is 1. The summed E-state index contributed by atoms with van der Waals surface area (Å²) in [7, 11) is 0. The lowest BCUT2D eigenvalue weighted by Crippen LogP contribution is -2.35. The van der Waals surface area contributed by atoms with E-state index < -0.39 is 23.8 Å². The van der Waals surface area contributed by atoms with Gasteiger partial charge in [0.15, 0.2) is 6.10 Å². The van der Waals surface area contributed by atoms with Gasteiger partial charge in [0.1, 0.15) is 5.82 Å². The maximum absolute atomic E-state index is 13.5. The van der Waals surface area contributed by atoms with Crippen molar-refractivity contribution in [3.8, 4) is 0 Å². The molecule has 0 radical (unpaired) electrons. The first-order valence-electron chi connectivity index (χ1n) is 11.4. The van der Waals surface area contributed by atoms with Gasteiger partial charge in [-0.25, -0.2) is 9.18 Å². The van der Waals surface area contributed by atoms with Gasteiger partial charge >= 0.3 is 5.97 Å². The highest BCUT2D eigenvalue weighted by Gasteiger charge is 2.29. The van der Waals surface area contributed by atoms with Crippen LogP contribution in [0.4, 0.5) is 10.1 Å². The molecule has 3 aromatic rings. The molecule has 0 aliphatic carbocycles. The van der Waals surface area contributed by atoms with Crippen LogP contribution in [0.5, 0.6) is 0 Å². The van der Waals surface area contributed by atoms with Crippen molar-refractivity contribution in [3.05, 3.63) is 71.2 Å². The van der Waals surface area contributed by atoms with Gasteiger partial charge in [0.05, 0.1) is 11.1 Å². The fourth-order valence-corrected chi connectivity index (χ4v) is 4.25. The Balaban J connectivity index is 1.63. The van der Waals surface area contributed by atoms with Crippen LogP contribution in [0.3, 0.4) is 0 Å². The molecule has 6 nitrogen and oxygen atoms in total. The highest BCUT2D eigenvalue weighted by atomic mass is 19.1. The second-order valence-electron chi connectivity index (χ2n) is 8.25. The Morgan fingerprint density at radius 1 is 1.15 bits per heavy atom. The maximum atomic E-state index is 13.5. The molecule has 0 fully saturated rings. The number of ether oxygens (including phenoxy) is 1. The van der Waals surface area contributed by atoms with E-state index in [0.717, 1.165) is 48.1 Å². The average molecular weight is 450 g/mol. The molecule has 2 aromatic carbocycles. The van der Waals surface area contributed by atoms with Gasteiger partial charge in [-0.3, -0.25) is 14.7 Å². The molecule has 4 rings (SSSR count). The molecule has 1 atom stereocenters. The molecule has 0 spiro atoms. The number of nitrogens with one attached hydrogen (secondary N) is 1. The van der Waals surface area contributed by atoms with Crippen LogP contribution < -0.4 is 5.32 Å². The Hall–Kier alpha value is -3.32. The minimum atomic E-state index is -0.972. The summed E-state index contributed by atoms with van der Waals surface area (Å²) in [4.78, 5) is 33.4. The van der Waals surface area contributed by atoms with E-state index in [1.165, 1.54) is 24.3 Å². The maximum Gasteiger partial charge on any atom is 0.340 e. The monoisotopic (exact) mass is 449 g/mol. The number of rotatable bonds is 7. The topological polar surface area (TPSA) is 71.5 Å². The van der Waals surface area contributed by atoms with Crippen LogP contribution in [-0.2, 0) is 22.5 Å². The van der Waals surface area contributed by atoms with Gasteiger partial charge in [-0.1, -0.05) is 32.0 Å². The number of esters is 1. The van der Waals surface area contributed by atoms with Gasteiger partial charge in [0.2, 0.25) is 0 Å². The van der Waals surface area contributed by atoms with Crippen LogP contribution in [0.1, 0.15) is 48.3 Å². The number of hydrogen-bond acceptors (Lipinski definition) is 5. The molecule has 1 N–H and O–H groups in total. The first kappa shape index (κ1) is 22.9. The summed E-state index contributed by atoms with van der Waals surface area (Å²) in [5.41, 5.74) is 3.47. The molecule has 1 aliphatic rings. The van der Waals surface area contributed by atoms with Crippen molar-refractivity contribution in [1.29, 1.82) is 0 Å². The van der Waals surface area contributed by atoms with Crippen molar-refractivity contribution >= 4 is 28.5 Å². The van der Waals surface area contributed by atoms with Crippen LogP contribution in [0.25, 0.3) is 10.9 Å². The zero-order valence-corrected chi connectivity index (χ0v) is 18.9. The molecule has 1 aromatic heterocycles. The summed E-state index contributed by atoms with van der Waals surface area (Å²) < 4.78 is 18.9. The fraction of sp³-hybridized carbons (Fsp3) is 0.346. The number of carbonyl (C=O) groups is 2. The normalized spacial score (nSPS) is 14.5. The van der Waals surface area contributed by atoms with Crippen molar-refractivity contribution in [2.24, 2.45) is 0 Å². The molecule has 7 heteroatoms. The number of fused-ring (bicyclic) bond motifs is 2. The number of halogens is 1. The van der Waals surface area contributed by atoms with Gasteiger partial charge in [-0.15, -0.1) is 0 Å². The standard InChI is InChI=1S/C26H28FN3O3/c1-3-14-30-15-13-22-20(16-30)24(19-7-5-6-8-21(19)29-22)26(32)33-23(4-2)25(31)28-18-11-9-17(27)10-12-18/h5-12,23H,3-4,13-16H2,1-2H3,(H,28,31). The molecule has 0 bridgehead atoms. The first-order valence-corrected chi connectivity index (χ1v) is 11.4. The van der Waals surface area contributed by atoms with Crippen LogP contribution in [-0.4, -0.2) is 41.0 Å². The van der Waals surface area contributed by atoms with Crippen LogP contribution in [0.2, 0.25) is 0 Å². The first-order chi connectivity index (χ1) is 16.0. The van der Waals surface area contributed by atoms with Gasteiger partial charge in [-0.2, -0.15) is 0 Å². The van der Waals surface area contributed by atoms with Crippen molar-refractivity contribution in [1.82, 2.24) is 9.88 Å². The predicted molar refractivity (Wildman–Crippen MR) is 126 cm³/mol. The smallest absolute Gasteiger partial charge is 0.340 e. The van der Waals surface area contributed by atoms with Gasteiger partial charge in [0, 0.05) is 41.8 Å². The number of nitrogens with zero attached hydrogens (tertiary/aromatic N) is 2. The molecule has 1 unspecified atom stereocenters. The third kappa shape index (κ3) is 5.03. The summed E-state index contributed by atoms with van der Waals surface area (Å²) in [5.74, 6) is -1.36. The quantitative estimate of drug-likeness (QED) is 0.529. The number of para-hydroxylation sites is 1. The Morgan fingerprint density at radius 3 is 2.64 bits per heavy atom. The van der Waals surface area contributed by atoms with Crippen molar-refractivity contribution in [2.45, 2.75) is 45.8 Å². The SMILES string of the molecule is CCCN1CCc2nc3ccccc3c(C(=O)OC(CC)C(=O)Nc3ccc(F)cc3)c2C1. The number of aromatic nitrogens is 1. The summed E-state index contributed by atoms with van der Waals surface area (Å²) in [6.45, 7) is 6.39. The summed E-state index contributed by atoms with van der Waals surface area (Å²) in [6.07, 6.45) is 1.13. The van der Waals surface area contributed by atoms with E-state index in [-0.39, 0.29) is 0 Å². The van der Waals surface area contributed by atoms with E-state index in [0.29, 0.717) is 24.2 Å². The zero-order chi connectivity index (χ0) is 23.4. The van der Waals surface area contributed by atoms with Crippen molar-refractivity contribution in [3.63, 3.8) is 0 Å². The second kappa shape index (κ2) is 10.1. The highest BCUT2D eigenvalue weighted by Crippen LogP contribution is 2.29. The predicted octanol–water partition coefficient (Wildman–Crippen LogP) is 4.72. The molecule has 1 amide bonds. The average Bonchev–Trinajstić information content (AvgIpc) is 2.82. The molecular formula is C26H28FN3O3. The Labute approximate surface area is 192 Å². The van der Waals surface area contributed by atoms with Crippen LogP contribution in [0.15, 0.2) is 48.5 Å². The molecule has 33 heavy (non-hydrogen) atoms. The van der Waals surface area contributed by atoms with Crippen LogP contribution in [0, 0.1) is 5.82 Å². The van der Waals surface area contributed by atoms with Gasteiger partial charge in [-0.05, 0) is 49.7 Å². The number of carbonyl (C=O) groups excluding carboxylic acids is 2. The summed E-state index contributed by atoms with van der Waals surface area (Å²) in [6, 6.07) is 13.0. The van der Waals surface area contributed by atoms with Gasteiger partial charge in [0.25, 0.3) is 5.91 Å². The van der Waals surface area contributed by atoms with E-state index >= 15 is 0 Å². The Morgan fingerprint density at radius 2 is 1.91 bits per heavy atom. The van der Waals surface area contributed by atoms with Gasteiger partial charge < -0.3 is 10.1 Å². The fourth-order valence-electron chi connectivity index (χ4n) is 4.25. The van der Waals surface area contributed by atoms with E-state index in [1.54, 1.807) is 6.92 Å². The lowest BCUT2D eigenvalue weighted by molar-refractivity contribution is -0.124. The van der Waals surface area contributed by atoms with E-state index in [1.807, 2.05) is 24.3 Å². The highest BCUT2D eigenvalue weighted by molar-refractivity contribution is 6.06. The van der Waals surface area contributed by atoms with E-state index in [4.69, 9.17) is 9.72 Å². The summed E-state index contributed by atoms with van der Waals surface area (Å²) in [5, 5.41) is 3.43. The van der Waals surface area contributed by atoms with Crippen molar-refractivity contribution < 1.29 is 18.7 Å². The largest absolute Gasteiger partial charge is 0.449 e. The third-order valence-corrected chi connectivity index (χ3v) is 5.89. The number of hydrogen-bond donors (Lipinski definition) is 1. The Kier molecular flexibility index (Phi) is 6.99. The molecular weight excluding hydrogens is 421 g/mol. The number of benzene rings is 2. The summed E-state index contributed by atoms with van der Waals surface area (Å²) >= 11 is 0. The van der Waals surface area contributed by atoms with E-state index in [9.17, 15) is 14.0 Å². The van der Waals surface area contributed by atoms with Crippen LogP contribution >= 0.6 is 0 Å². The molecule has 2 heterocycles. The molecule has 1 aliphatic heterocycles. The van der Waals surface area contributed by atoms with Crippen molar-refractivity contribution in [2.75, 3.05) is 18.4 Å². The molecule has 0 saturated carbocycles. The second-order valence-corrected chi connectivity index (χ2v) is 8.25. The Bertz CT molecular complexity index is 1160. The molecule has 172 valence electrons.